The summed E-state index contributed by atoms with van der Waals surface area (Å²) < 4.78 is 10.8. The number of carbonyl (C=O) groups is 1. The zero-order valence-corrected chi connectivity index (χ0v) is 10.7. The van der Waals surface area contributed by atoms with Gasteiger partial charge in [-0.15, -0.1) is 0 Å². The molecule has 0 saturated heterocycles. The van der Waals surface area contributed by atoms with Gasteiger partial charge < -0.3 is 14.4 Å². The number of ether oxygens (including phenoxy) is 2. The molecule has 2 aliphatic rings. The van der Waals surface area contributed by atoms with E-state index in [1.54, 1.807) is 0 Å². The monoisotopic (exact) mass is 247 g/mol. The van der Waals surface area contributed by atoms with Crippen LogP contribution in [0.25, 0.3) is 0 Å². The van der Waals surface area contributed by atoms with E-state index in [9.17, 15) is 4.79 Å². The van der Waals surface area contributed by atoms with E-state index < -0.39 is 0 Å². The Hall–Kier alpha value is -1.71. The van der Waals surface area contributed by atoms with Crippen LogP contribution < -0.4 is 9.47 Å². The number of amides is 1. The van der Waals surface area contributed by atoms with E-state index >= 15 is 0 Å². The molecule has 2 aliphatic heterocycles. The van der Waals surface area contributed by atoms with Crippen molar-refractivity contribution < 1.29 is 14.3 Å². The fourth-order valence-electron chi connectivity index (χ4n) is 2.67. The summed E-state index contributed by atoms with van der Waals surface area (Å²) in [6.07, 6.45) is 1.45. The van der Waals surface area contributed by atoms with Crippen LogP contribution in [0.2, 0.25) is 0 Å². The van der Waals surface area contributed by atoms with E-state index in [1.807, 2.05) is 17.9 Å². The second-order valence-corrected chi connectivity index (χ2v) is 4.90. The van der Waals surface area contributed by atoms with E-state index in [2.05, 4.69) is 13.0 Å². The van der Waals surface area contributed by atoms with Crippen molar-refractivity contribution in [1.82, 2.24) is 4.90 Å². The molecule has 96 valence electrons. The molecule has 0 aliphatic carbocycles. The molecular formula is C14H17NO3. The van der Waals surface area contributed by atoms with Gasteiger partial charge in [0.1, 0.15) is 0 Å². The second-order valence-electron chi connectivity index (χ2n) is 4.90. The predicted octanol–water partition coefficient (Wildman–Crippen LogP) is 2.10. The topological polar surface area (TPSA) is 38.8 Å². The molecule has 0 spiro atoms. The lowest BCUT2D eigenvalue weighted by molar-refractivity contribution is -0.133. The molecule has 0 aromatic heterocycles. The molecule has 18 heavy (non-hydrogen) atoms. The zero-order valence-electron chi connectivity index (χ0n) is 10.7. The van der Waals surface area contributed by atoms with Crippen molar-refractivity contribution in [1.29, 1.82) is 0 Å². The number of carbonyl (C=O) groups excluding carboxylic acids is 1. The molecule has 4 nitrogen and oxygen atoms in total. The highest BCUT2D eigenvalue weighted by Gasteiger charge is 2.28. The number of nitrogens with zero attached hydrogens (tertiary/aromatic N) is 1. The van der Waals surface area contributed by atoms with Crippen LogP contribution in [-0.2, 0) is 17.8 Å². The molecule has 1 unspecified atom stereocenters. The van der Waals surface area contributed by atoms with Crippen molar-refractivity contribution in [3.8, 4) is 11.5 Å². The van der Waals surface area contributed by atoms with E-state index in [0.29, 0.717) is 19.8 Å². The number of fused-ring (bicyclic) bond motifs is 2. The molecule has 3 rings (SSSR count). The number of hydrogen-bond acceptors (Lipinski definition) is 3. The molecule has 1 amide bonds. The van der Waals surface area contributed by atoms with E-state index in [0.717, 1.165) is 17.9 Å². The number of hydrogen-bond donors (Lipinski definition) is 0. The lowest BCUT2D eigenvalue weighted by Gasteiger charge is -2.35. The standard InChI is InChI=1S/C14H17NO3/c1-3-14(16)15-7-11-6-13-12(17-8-18-13)5-10(11)4-9(15)2/h5-6,9H,3-4,7-8H2,1-2H3. The SMILES string of the molecule is CCC(=O)N1Cc2cc3c(cc2CC1C)OCO3. The Morgan fingerprint density at radius 2 is 2.00 bits per heavy atom. The highest BCUT2D eigenvalue weighted by molar-refractivity contribution is 5.76. The van der Waals surface area contributed by atoms with Crippen LogP contribution in [0, 0.1) is 0 Å². The maximum absolute atomic E-state index is 11.9. The zero-order chi connectivity index (χ0) is 12.7. The van der Waals surface area contributed by atoms with Gasteiger partial charge in [0.2, 0.25) is 12.7 Å². The minimum absolute atomic E-state index is 0.214. The number of benzene rings is 1. The minimum atomic E-state index is 0.214. The molecule has 1 atom stereocenters. The van der Waals surface area contributed by atoms with Gasteiger partial charge in [0, 0.05) is 19.0 Å². The van der Waals surface area contributed by atoms with Gasteiger partial charge in [0.15, 0.2) is 11.5 Å². The summed E-state index contributed by atoms with van der Waals surface area (Å²) >= 11 is 0. The first-order chi connectivity index (χ1) is 8.69. The van der Waals surface area contributed by atoms with Crippen molar-refractivity contribution in [2.24, 2.45) is 0 Å². The third-order valence-corrected chi connectivity index (χ3v) is 3.71. The molecular weight excluding hydrogens is 230 g/mol. The van der Waals surface area contributed by atoms with Crippen molar-refractivity contribution in [3.05, 3.63) is 23.3 Å². The highest BCUT2D eigenvalue weighted by atomic mass is 16.7. The van der Waals surface area contributed by atoms with Crippen molar-refractivity contribution >= 4 is 5.91 Å². The van der Waals surface area contributed by atoms with Crippen LogP contribution in [-0.4, -0.2) is 23.6 Å². The van der Waals surface area contributed by atoms with E-state index in [4.69, 9.17) is 9.47 Å². The van der Waals surface area contributed by atoms with Gasteiger partial charge in [-0.05, 0) is 36.6 Å². The summed E-state index contributed by atoms with van der Waals surface area (Å²) in [5.74, 6) is 1.84. The maximum Gasteiger partial charge on any atom is 0.231 e. The Bertz CT molecular complexity index is 498. The van der Waals surface area contributed by atoms with Gasteiger partial charge >= 0.3 is 0 Å². The van der Waals surface area contributed by atoms with Crippen LogP contribution >= 0.6 is 0 Å². The lowest BCUT2D eigenvalue weighted by atomic mass is 9.94. The van der Waals surface area contributed by atoms with E-state index in [-0.39, 0.29) is 11.9 Å². The van der Waals surface area contributed by atoms with Gasteiger partial charge in [-0.2, -0.15) is 0 Å². The van der Waals surface area contributed by atoms with Crippen LogP contribution in [0.1, 0.15) is 31.4 Å². The summed E-state index contributed by atoms with van der Waals surface area (Å²) in [4.78, 5) is 13.8. The van der Waals surface area contributed by atoms with Gasteiger partial charge in [-0.3, -0.25) is 4.79 Å². The maximum atomic E-state index is 11.9. The first-order valence-electron chi connectivity index (χ1n) is 6.40. The molecule has 0 N–H and O–H groups in total. The molecule has 0 bridgehead atoms. The molecule has 1 aromatic rings. The third kappa shape index (κ3) is 1.72. The molecule has 2 heterocycles. The summed E-state index contributed by atoms with van der Waals surface area (Å²) in [6, 6.07) is 4.33. The van der Waals surface area contributed by atoms with Crippen molar-refractivity contribution in [2.45, 2.75) is 39.3 Å². The van der Waals surface area contributed by atoms with Gasteiger partial charge in [0.05, 0.1) is 0 Å². The first-order valence-corrected chi connectivity index (χ1v) is 6.40. The van der Waals surface area contributed by atoms with Gasteiger partial charge in [0.25, 0.3) is 0 Å². The van der Waals surface area contributed by atoms with Crippen LogP contribution in [0.5, 0.6) is 11.5 Å². The lowest BCUT2D eigenvalue weighted by Crippen LogP contribution is -2.42. The summed E-state index contributed by atoms with van der Waals surface area (Å²) in [5.41, 5.74) is 2.45. The predicted molar refractivity (Wildman–Crippen MR) is 66.6 cm³/mol. The Kier molecular flexibility index (Phi) is 2.65. The first kappa shape index (κ1) is 11.4. The van der Waals surface area contributed by atoms with E-state index in [1.165, 1.54) is 11.1 Å². The quantitative estimate of drug-likeness (QED) is 0.762. The summed E-state index contributed by atoms with van der Waals surface area (Å²) in [5, 5.41) is 0. The Morgan fingerprint density at radius 3 is 2.67 bits per heavy atom. The van der Waals surface area contributed by atoms with Crippen LogP contribution in [0.4, 0.5) is 0 Å². The number of rotatable bonds is 1. The van der Waals surface area contributed by atoms with Crippen molar-refractivity contribution in [2.75, 3.05) is 6.79 Å². The molecule has 0 saturated carbocycles. The molecule has 1 aromatic carbocycles. The Balaban J connectivity index is 1.94. The highest BCUT2D eigenvalue weighted by Crippen LogP contribution is 2.37. The Morgan fingerprint density at radius 1 is 1.33 bits per heavy atom. The van der Waals surface area contributed by atoms with Crippen LogP contribution in [0.3, 0.4) is 0 Å². The second kappa shape index (κ2) is 4.19. The Labute approximate surface area is 106 Å². The largest absolute Gasteiger partial charge is 0.454 e. The smallest absolute Gasteiger partial charge is 0.231 e. The molecule has 0 fully saturated rings. The van der Waals surface area contributed by atoms with Crippen LogP contribution in [0.15, 0.2) is 12.1 Å². The van der Waals surface area contributed by atoms with Gasteiger partial charge in [-0.1, -0.05) is 6.92 Å². The average molecular weight is 247 g/mol. The fourth-order valence-corrected chi connectivity index (χ4v) is 2.67. The summed E-state index contributed by atoms with van der Waals surface area (Å²) in [7, 11) is 0. The van der Waals surface area contributed by atoms with Gasteiger partial charge in [-0.25, -0.2) is 0 Å². The minimum Gasteiger partial charge on any atom is -0.454 e. The average Bonchev–Trinajstić information content (AvgIpc) is 2.81. The summed E-state index contributed by atoms with van der Waals surface area (Å²) in [6.45, 7) is 4.98. The van der Waals surface area contributed by atoms with Crippen molar-refractivity contribution in [3.63, 3.8) is 0 Å². The normalized spacial score (nSPS) is 20.8. The fraction of sp³-hybridized carbons (Fsp3) is 0.500. The molecule has 4 heteroatoms. The third-order valence-electron chi connectivity index (χ3n) is 3.71. The molecule has 0 radical (unpaired) electrons.